The average molecular weight is 469 g/mol. The second kappa shape index (κ2) is 9.40. The van der Waals surface area contributed by atoms with Crippen molar-refractivity contribution in [2.45, 2.75) is 18.8 Å². The van der Waals surface area contributed by atoms with Crippen LogP contribution in [0.4, 0.5) is 13.2 Å². The molecule has 0 fully saturated rings. The molecule has 4 aromatic rings. The first-order valence-electron chi connectivity index (χ1n) is 10.1. The fraction of sp³-hybridized carbons (Fsp3) is 0.120. The predicted molar refractivity (Wildman–Crippen MR) is 118 cm³/mol. The van der Waals surface area contributed by atoms with Crippen LogP contribution in [0.3, 0.4) is 0 Å². The van der Waals surface area contributed by atoms with E-state index in [0.29, 0.717) is 0 Å². The van der Waals surface area contributed by atoms with Crippen molar-refractivity contribution in [3.63, 3.8) is 0 Å². The highest BCUT2D eigenvalue weighted by atomic mass is 19.4. The van der Waals surface area contributed by atoms with E-state index in [9.17, 15) is 22.8 Å². The molecule has 4 rings (SSSR count). The van der Waals surface area contributed by atoms with Crippen LogP contribution in [0.2, 0.25) is 0 Å². The molecule has 0 aliphatic carbocycles. The fourth-order valence-corrected chi connectivity index (χ4v) is 3.28. The van der Waals surface area contributed by atoms with Gasteiger partial charge in [0.25, 0.3) is 5.76 Å². The first kappa shape index (κ1) is 23.1. The number of hydrogen-bond donors (Lipinski definition) is 1. The lowest BCUT2D eigenvalue weighted by atomic mass is 10.1. The monoisotopic (exact) mass is 469 g/mol. The van der Waals surface area contributed by atoms with Crippen LogP contribution < -0.4 is 15.9 Å². The highest BCUT2D eigenvalue weighted by Gasteiger charge is 2.40. The number of rotatable bonds is 6. The summed E-state index contributed by atoms with van der Waals surface area (Å²) < 4.78 is 56.5. The number of carbonyl (C=O) groups excluding carboxylic acids is 1. The van der Waals surface area contributed by atoms with Gasteiger partial charge in [0, 0.05) is 6.42 Å². The van der Waals surface area contributed by atoms with Gasteiger partial charge < -0.3 is 13.9 Å². The third kappa shape index (κ3) is 5.10. The van der Waals surface area contributed by atoms with E-state index in [4.69, 9.17) is 19.6 Å². The lowest BCUT2D eigenvalue weighted by molar-refractivity contribution is -0.154. The minimum atomic E-state index is -5.02. The van der Waals surface area contributed by atoms with Gasteiger partial charge >= 0.3 is 12.1 Å². The lowest BCUT2D eigenvalue weighted by Crippen LogP contribution is -2.29. The van der Waals surface area contributed by atoms with Crippen molar-refractivity contribution in [1.82, 2.24) is 0 Å². The summed E-state index contributed by atoms with van der Waals surface area (Å²) in [6.07, 6.45) is -5.76. The standard InChI is InChI=1S/C25H18F3NO5/c26-25(27,28)23-22(32-17-9-5-2-6-10-17)21(30)18-12-11-16(14-19(18)33-23)24(31)34-20(29)13-15-7-3-1-4-8-15/h1-12,14,20H,13,29H2. The highest BCUT2D eigenvalue weighted by molar-refractivity contribution is 5.94. The Bertz CT molecular complexity index is 1370. The van der Waals surface area contributed by atoms with Gasteiger partial charge in [0.05, 0.1) is 10.9 Å². The predicted octanol–water partition coefficient (Wildman–Crippen LogP) is 5.29. The van der Waals surface area contributed by atoms with Gasteiger partial charge in [0.1, 0.15) is 11.3 Å². The summed E-state index contributed by atoms with van der Waals surface area (Å²) in [6.45, 7) is 0. The van der Waals surface area contributed by atoms with E-state index in [2.05, 4.69) is 0 Å². The first-order valence-corrected chi connectivity index (χ1v) is 10.1. The molecule has 0 amide bonds. The number of ether oxygens (including phenoxy) is 2. The van der Waals surface area contributed by atoms with Gasteiger partial charge in [-0.2, -0.15) is 13.2 Å². The van der Waals surface area contributed by atoms with Crippen molar-refractivity contribution in [3.8, 4) is 11.5 Å². The Morgan fingerprint density at radius 3 is 2.26 bits per heavy atom. The first-order chi connectivity index (χ1) is 16.2. The van der Waals surface area contributed by atoms with Gasteiger partial charge in [-0.3, -0.25) is 10.5 Å². The van der Waals surface area contributed by atoms with Crippen LogP contribution in [0, 0.1) is 0 Å². The number of fused-ring (bicyclic) bond motifs is 1. The molecule has 3 aromatic carbocycles. The van der Waals surface area contributed by atoms with Crippen molar-refractivity contribution >= 4 is 16.9 Å². The van der Waals surface area contributed by atoms with Gasteiger partial charge in [-0.05, 0) is 35.9 Å². The van der Waals surface area contributed by atoms with Crippen molar-refractivity contribution < 1.29 is 31.9 Å². The Labute approximate surface area is 191 Å². The minimum Gasteiger partial charge on any atom is -0.449 e. The number of hydrogen-bond acceptors (Lipinski definition) is 6. The molecule has 0 bridgehead atoms. The Hall–Kier alpha value is -4.11. The zero-order valence-corrected chi connectivity index (χ0v) is 17.5. The number of carbonyl (C=O) groups is 1. The SMILES string of the molecule is NC(Cc1ccccc1)OC(=O)c1ccc2c(=O)c(Oc3ccccc3)c(C(F)(F)F)oc2c1. The second-order valence-corrected chi connectivity index (χ2v) is 7.35. The van der Waals surface area contributed by atoms with Gasteiger partial charge in [-0.15, -0.1) is 0 Å². The molecule has 9 heteroatoms. The molecule has 174 valence electrons. The third-order valence-corrected chi connectivity index (χ3v) is 4.85. The van der Waals surface area contributed by atoms with Crippen molar-refractivity contribution in [2.75, 3.05) is 0 Å². The molecule has 1 heterocycles. The molecular weight excluding hydrogens is 451 g/mol. The molecule has 0 spiro atoms. The third-order valence-electron chi connectivity index (χ3n) is 4.85. The molecule has 34 heavy (non-hydrogen) atoms. The summed E-state index contributed by atoms with van der Waals surface area (Å²) in [4.78, 5) is 25.3. The second-order valence-electron chi connectivity index (χ2n) is 7.35. The van der Waals surface area contributed by atoms with E-state index < -0.39 is 40.9 Å². The maximum Gasteiger partial charge on any atom is 0.453 e. The molecule has 6 nitrogen and oxygen atoms in total. The van der Waals surface area contributed by atoms with Gasteiger partial charge in [0.2, 0.25) is 11.2 Å². The Kier molecular flexibility index (Phi) is 6.38. The average Bonchev–Trinajstić information content (AvgIpc) is 2.81. The van der Waals surface area contributed by atoms with E-state index in [-0.39, 0.29) is 23.1 Å². The molecule has 0 radical (unpaired) electrons. The minimum absolute atomic E-state index is 0.0345. The van der Waals surface area contributed by atoms with Crippen LogP contribution >= 0.6 is 0 Å². The van der Waals surface area contributed by atoms with E-state index >= 15 is 0 Å². The van der Waals surface area contributed by atoms with Crippen molar-refractivity contribution in [2.24, 2.45) is 5.73 Å². The molecule has 1 atom stereocenters. The van der Waals surface area contributed by atoms with Gasteiger partial charge in [-0.25, -0.2) is 4.79 Å². The van der Waals surface area contributed by atoms with E-state index in [0.717, 1.165) is 11.6 Å². The maximum atomic E-state index is 13.7. The van der Waals surface area contributed by atoms with Crippen molar-refractivity contribution in [3.05, 3.63) is 106 Å². The summed E-state index contributed by atoms with van der Waals surface area (Å²) >= 11 is 0. The topological polar surface area (TPSA) is 91.8 Å². The molecule has 2 N–H and O–H groups in total. The molecule has 1 unspecified atom stereocenters. The number of benzene rings is 3. The molecule has 1 aromatic heterocycles. The Morgan fingerprint density at radius 1 is 0.971 bits per heavy atom. The number of esters is 1. The summed E-state index contributed by atoms with van der Waals surface area (Å²) in [5.74, 6) is -3.44. The van der Waals surface area contributed by atoms with E-state index in [1.807, 2.05) is 30.3 Å². The summed E-state index contributed by atoms with van der Waals surface area (Å²) in [7, 11) is 0. The Morgan fingerprint density at radius 2 is 1.62 bits per heavy atom. The number of alkyl halides is 3. The van der Waals surface area contributed by atoms with Crippen LogP contribution in [-0.2, 0) is 17.3 Å². The van der Waals surface area contributed by atoms with Crippen LogP contribution in [0.15, 0.2) is 88.1 Å². The van der Waals surface area contributed by atoms with E-state index in [1.165, 1.54) is 24.3 Å². The molecule has 0 aliphatic rings. The lowest BCUT2D eigenvalue weighted by Gasteiger charge is -2.15. The van der Waals surface area contributed by atoms with Crippen molar-refractivity contribution in [1.29, 1.82) is 0 Å². The van der Waals surface area contributed by atoms with Crippen LogP contribution in [0.1, 0.15) is 21.7 Å². The van der Waals surface area contributed by atoms with Crippen LogP contribution in [-0.4, -0.2) is 12.2 Å². The quantitative estimate of drug-likeness (QED) is 0.305. The largest absolute Gasteiger partial charge is 0.453 e. The molecule has 0 aliphatic heterocycles. The van der Waals surface area contributed by atoms with E-state index in [1.54, 1.807) is 18.2 Å². The van der Waals surface area contributed by atoms with Crippen LogP contribution in [0.25, 0.3) is 11.0 Å². The maximum absolute atomic E-state index is 13.7. The van der Waals surface area contributed by atoms with Crippen LogP contribution in [0.5, 0.6) is 11.5 Å². The molecule has 0 saturated heterocycles. The summed E-state index contributed by atoms with van der Waals surface area (Å²) in [5, 5.41) is -0.191. The zero-order valence-electron chi connectivity index (χ0n) is 17.5. The number of nitrogens with two attached hydrogens (primary N) is 1. The smallest absolute Gasteiger partial charge is 0.449 e. The number of para-hydroxylation sites is 1. The summed E-state index contributed by atoms with van der Waals surface area (Å²) in [5.41, 5.74) is 5.12. The fourth-order valence-electron chi connectivity index (χ4n) is 3.28. The van der Waals surface area contributed by atoms with Gasteiger partial charge in [-0.1, -0.05) is 48.5 Å². The number of halogens is 3. The van der Waals surface area contributed by atoms with Gasteiger partial charge in [0.15, 0.2) is 6.23 Å². The highest BCUT2D eigenvalue weighted by Crippen LogP contribution is 2.38. The summed E-state index contributed by atoms with van der Waals surface area (Å²) in [6, 6.07) is 20.1. The normalized spacial score (nSPS) is 12.4. The zero-order chi connectivity index (χ0) is 24.3. The molecule has 0 saturated carbocycles. The Balaban J connectivity index is 1.66. The molecular formula is C25H18F3NO5.